The van der Waals surface area contributed by atoms with Crippen molar-refractivity contribution in [1.82, 2.24) is 9.36 Å². The van der Waals surface area contributed by atoms with Crippen LogP contribution in [-0.4, -0.2) is 20.4 Å². The zero-order chi connectivity index (χ0) is 11.5. The summed E-state index contributed by atoms with van der Waals surface area (Å²) in [6.45, 7) is 2.21. The van der Waals surface area contributed by atoms with Gasteiger partial charge in [0.15, 0.2) is 0 Å². The van der Waals surface area contributed by atoms with Crippen LogP contribution in [0.1, 0.15) is 21.7 Å². The molecule has 0 saturated heterocycles. The summed E-state index contributed by atoms with van der Waals surface area (Å²) in [5.74, 6) is -0.952. The summed E-state index contributed by atoms with van der Waals surface area (Å²) in [5.41, 5.74) is 3.43. The summed E-state index contributed by atoms with van der Waals surface area (Å²) in [6.07, 6.45) is 0. The van der Waals surface area contributed by atoms with Gasteiger partial charge in [-0.1, -0.05) is 0 Å². The number of aromatic nitrogens is 2. The lowest BCUT2D eigenvalue weighted by Crippen LogP contribution is -2.04. The SMILES string of the molecule is Cc1nsc(NCc2cscn2)c1C(=O)O. The van der Waals surface area contributed by atoms with E-state index in [1.165, 1.54) is 11.3 Å². The maximum Gasteiger partial charge on any atom is 0.340 e. The third kappa shape index (κ3) is 2.20. The molecule has 0 fully saturated rings. The molecule has 0 aliphatic rings. The first-order valence-electron chi connectivity index (χ1n) is 4.49. The van der Waals surface area contributed by atoms with Crippen LogP contribution in [0.5, 0.6) is 0 Å². The second-order valence-corrected chi connectivity index (χ2v) is 4.60. The van der Waals surface area contributed by atoms with Crippen LogP contribution in [0.4, 0.5) is 5.00 Å². The van der Waals surface area contributed by atoms with E-state index >= 15 is 0 Å². The second-order valence-electron chi connectivity index (χ2n) is 3.11. The van der Waals surface area contributed by atoms with Crippen LogP contribution in [0.3, 0.4) is 0 Å². The minimum absolute atomic E-state index is 0.250. The summed E-state index contributed by atoms with van der Waals surface area (Å²) in [7, 11) is 0. The highest BCUT2D eigenvalue weighted by molar-refractivity contribution is 7.10. The van der Waals surface area contributed by atoms with Crippen molar-refractivity contribution in [2.45, 2.75) is 13.5 Å². The van der Waals surface area contributed by atoms with E-state index in [2.05, 4.69) is 14.7 Å². The number of rotatable bonds is 4. The molecule has 0 bridgehead atoms. The number of carbonyl (C=O) groups is 1. The summed E-state index contributed by atoms with van der Waals surface area (Å²) in [6, 6.07) is 0. The Hall–Kier alpha value is -1.47. The Morgan fingerprint density at radius 3 is 3.06 bits per heavy atom. The minimum Gasteiger partial charge on any atom is -0.478 e. The highest BCUT2D eigenvalue weighted by Crippen LogP contribution is 2.24. The van der Waals surface area contributed by atoms with E-state index in [1.807, 2.05) is 5.38 Å². The van der Waals surface area contributed by atoms with Gasteiger partial charge in [0, 0.05) is 5.38 Å². The average molecular weight is 255 g/mol. The minimum atomic E-state index is -0.952. The fourth-order valence-electron chi connectivity index (χ4n) is 1.24. The lowest BCUT2D eigenvalue weighted by atomic mass is 10.2. The molecule has 0 atom stereocenters. The van der Waals surface area contributed by atoms with Gasteiger partial charge in [-0.15, -0.1) is 11.3 Å². The normalized spacial score (nSPS) is 10.3. The van der Waals surface area contributed by atoms with Gasteiger partial charge in [-0.25, -0.2) is 9.78 Å². The number of aryl methyl sites for hydroxylation is 1. The zero-order valence-electron chi connectivity index (χ0n) is 8.43. The lowest BCUT2D eigenvalue weighted by molar-refractivity contribution is 0.0697. The molecule has 0 aliphatic carbocycles. The van der Waals surface area contributed by atoms with Gasteiger partial charge in [-0.05, 0) is 18.5 Å². The number of carboxylic acids is 1. The van der Waals surface area contributed by atoms with Crippen molar-refractivity contribution in [1.29, 1.82) is 0 Å². The number of hydrogen-bond acceptors (Lipinski definition) is 6. The van der Waals surface area contributed by atoms with E-state index in [-0.39, 0.29) is 5.56 Å². The molecule has 0 amide bonds. The quantitative estimate of drug-likeness (QED) is 0.876. The van der Waals surface area contributed by atoms with Gasteiger partial charge in [0.1, 0.15) is 10.6 Å². The molecule has 0 radical (unpaired) electrons. The molecule has 0 aromatic carbocycles. The summed E-state index contributed by atoms with van der Waals surface area (Å²) >= 11 is 2.67. The summed E-state index contributed by atoms with van der Waals surface area (Å²) in [5, 5.41) is 14.5. The van der Waals surface area contributed by atoms with Crippen LogP contribution in [0, 0.1) is 6.92 Å². The number of thiazole rings is 1. The van der Waals surface area contributed by atoms with Crippen LogP contribution >= 0.6 is 22.9 Å². The first-order valence-corrected chi connectivity index (χ1v) is 6.20. The molecule has 84 valence electrons. The van der Waals surface area contributed by atoms with Crippen LogP contribution in [-0.2, 0) is 6.54 Å². The number of hydrogen-bond donors (Lipinski definition) is 2. The Balaban J connectivity index is 2.13. The van der Waals surface area contributed by atoms with Gasteiger partial charge in [-0.2, -0.15) is 4.37 Å². The van der Waals surface area contributed by atoms with Crippen LogP contribution < -0.4 is 5.32 Å². The zero-order valence-corrected chi connectivity index (χ0v) is 10.1. The molecule has 0 aliphatic heterocycles. The molecule has 2 rings (SSSR count). The average Bonchev–Trinajstić information content (AvgIpc) is 2.83. The molecule has 2 aromatic heterocycles. The van der Waals surface area contributed by atoms with Gasteiger partial charge in [0.05, 0.1) is 23.4 Å². The molecule has 5 nitrogen and oxygen atoms in total. The first-order chi connectivity index (χ1) is 7.68. The van der Waals surface area contributed by atoms with Gasteiger partial charge in [-0.3, -0.25) is 0 Å². The monoisotopic (exact) mass is 255 g/mol. The van der Waals surface area contributed by atoms with E-state index in [4.69, 9.17) is 5.11 Å². The molecule has 2 heterocycles. The number of nitrogens with one attached hydrogen (secondary N) is 1. The van der Waals surface area contributed by atoms with Crippen molar-refractivity contribution in [3.05, 3.63) is 27.8 Å². The Kier molecular flexibility index (Phi) is 3.16. The van der Waals surface area contributed by atoms with Gasteiger partial charge < -0.3 is 10.4 Å². The van der Waals surface area contributed by atoms with Crippen molar-refractivity contribution in [3.8, 4) is 0 Å². The van der Waals surface area contributed by atoms with Gasteiger partial charge in [0.25, 0.3) is 0 Å². The van der Waals surface area contributed by atoms with Gasteiger partial charge >= 0.3 is 5.97 Å². The van der Waals surface area contributed by atoms with E-state index in [1.54, 1.807) is 12.4 Å². The van der Waals surface area contributed by atoms with E-state index in [0.717, 1.165) is 17.2 Å². The standard InChI is InChI=1S/C9H9N3O2S2/c1-5-7(9(13)14)8(16-12-5)10-2-6-3-15-4-11-6/h3-4,10H,2H2,1H3,(H,13,14). The van der Waals surface area contributed by atoms with Crippen LogP contribution in [0.15, 0.2) is 10.9 Å². The van der Waals surface area contributed by atoms with Crippen molar-refractivity contribution >= 4 is 33.8 Å². The molecule has 0 unspecified atom stereocenters. The third-order valence-corrected chi connectivity index (χ3v) is 3.52. The summed E-state index contributed by atoms with van der Waals surface area (Å²) < 4.78 is 4.02. The Bertz CT molecular complexity index is 493. The third-order valence-electron chi connectivity index (χ3n) is 1.99. The first kappa shape index (κ1) is 11.0. The number of nitrogens with zero attached hydrogens (tertiary/aromatic N) is 2. The molecular formula is C9H9N3O2S2. The predicted octanol–water partition coefficient (Wildman–Crippen LogP) is 2.22. The maximum atomic E-state index is 11.0. The molecular weight excluding hydrogens is 246 g/mol. The predicted molar refractivity (Wildman–Crippen MR) is 63.3 cm³/mol. The fraction of sp³-hybridized carbons (Fsp3) is 0.222. The van der Waals surface area contributed by atoms with Crippen molar-refractivity contribution in [2.24, 2.45) is 0 Å². The topological polar surface area (TPSA) is 75.1 Å². The lowest BCUT2D eigenvalue weighted by Gasteiger charge is -2.01. The Morgan fingerprint density at radius 2 is 2.44 bits per heavy atom. The van der Waals surface area contributed by atoms with E-state index in [9.17, 15) is 4.79 Å². The van der Waals surface area contributed by atoms with Crippen LogP contribution in [0.2, 0.25) is 0 Å². The second kappa shape index (κ2) is 4.58. The molecule has 7 heteroatoms. The number of carboxylic acid groups (broad SMARTS) is 1. The molecule has 2 N–H and O–H groups in total. The molecule has 2 aromatic rings. The fourth-order valence-corrected chi connectivity index (χ4v) is 2.58. The van der Waals surface area contributed by atoms with Gasteiger partial charge in [0.2, 0.25) is 0 Å². The Labute approximate surface area is 100.0 Å². The van der Waals surface area contributed by atoms with E-state index in [0.29, 0.717) is 17.2 Å². The van der Waals surface area contributed by atoms with Crippen molar-refractivity contribution in [2.75, 3.05) is 5.32 Å². The van der Waals surface area contributed by atoms with Crippen LogP contribution in [0.25, 0.3) is 0 Å². The Morgan fingerprint density at radius 1 is 1.62 bits per heavy atom. The number of aromatic carboxylic acids is 1. The largest absolute Gasteiger partial charge is 0.478 e. The smallest absolute Gasteiger partial charge is 0.340 e. The summed E-state index contributed by atoms with van der Waals surface area (Å²) in [4.78, 5) is 15.1. The van der Waals surface area contributed by atoms with Crippen molar-refractivity contribution < 1.29 is 9.90 Å². The van der Waals surface area contributed by atoms with E-state index < -0.39 is 5.97 Å². The molecule has 0 spiro atoms. The van der Waals surface area contributed by atoms with Crippen molar-refractivity contribution in [3.63, 3.8) is 0 Å². The highest BCUT2D eigenvalue weighted by atomic mass is 32.1. The molecule has 16 heavy (non-hydrogen) atoms. The highest BCUT2D eigenvalue weighted by Gasteiger charge is 2.17. The maximum absolute atomic E-state index is 11.0. The molecule has 0 saturated carbocycles. The number of anilines is 1.